The summed E-state index contributed by atoms with van der Waals surface area (Å²) in [4.78, 5) is 32.2. The Kier molecular flexibility index (Phi) is 4.50. The number of carbonyl (C=O) groups is 2. The molecule has 2 heterocycles. The second kappa shape index (κ2) is 6.74. The van der Waals surface area contributed by atoms with Crippen LogP contribution in [0, 0.1) is 0 Å². The molecule has 0 spiro atoms. The van der Waals surface area contributed by atoms with Gasteiger partial charge in [0.25, 0.3) is 0 Å². The monoisotopic (exact) mass is 329 g/mol. The maximum atomic E-state index is 12.3. The molecule has 1 aromatic heterocycles. The fourth-order valence-electron chi connectivity index (χ4n) is 2.98. The van der Waals surface area contributed by atoms with E-state index >= 15 is 0 Å². The van der Waals surface area contributed by atoms with Gasteiger partial charge in [-0.25, -0.2) is 4.98 Å². The van der Waals surface area contributed by atoms with E-state index in [0.29, 0.717) is 13.1 Å². The van der Waals surface area contributed by atoms with E-state index in [-0.39, 0.29) is 24.7 Å². The topological polar surface area (TPSA) is 95.5 Å². The van der Waals surface area contributed by atoms with E-state index in [1.54, 1.807) is 18.3 Å². The second-order valence-corrected chi connectivity index (χ2v) is 5.76. The molecule has 1 aliphatic heterocycles. The molecule has 1 aliphatic rings. The van der Waals surface area contributed by atoms with Gasteiger partial charge in [0, 0.05) is 18.9 Å². The zero-order valence-electron chi connectivity index (χ0n) is 13.4. The number of H-pyrrole nitrogens is 1. The minimum Gasteiger partial charge on any atom is -0.497 e. The predicted octanol–water partition coefficient (Wildman–Crippen LogP) is 1.76. The Morgan fingerprint density at radius 3 is 2.75 bits per heavy atom. The molecule has 0 saturated carbocycles. The van der Waals surface area contributed by atoms with Crippen molar-refractivity contribution < 1.29 is 19.4 Å². The third-order valence-corrected chi connectivity index (χ3v) is 4.26. The highest BCUT2D eigenvalue weighted by Crippen LogP contribution is 2.32. The number of fused-ring (bicyclic) bond motifs is 1. The van der Waals surface area contributed by atoms with E-state index in [4.69, 9.17) is 9.84 Å². The van der Waals surface area contributed by atoms with E-state index in [1.807, 2.05) is 24.3 Å². The number of methoxy groups -OCH3 is 1. The molecule has 7 heteroatoms. The van der Waals surface area contributed by atoms with Crippen LogP contribution in [0.2, 0.25) is 0 Å². The molecule has 3 rings (SSSR count). The molecule has 0 fully saturated rings. The van der Waals surface area contributed by atoms with Crippen LogP contribution in [-0.2, 0) is 16.1 Å². The van der Waals surface area contributed by atoms with Crippen LogP contribution in [0.5, 0.6) is 5.75 Å². The third kappa shape index (κ3) is 3.24. The van der Waals surface area contributed by atoms with Crippen LogP contribution in [0.1, 0.15) is 35.7 Å². The number of carboxylic acids is 1. The maximum Gasteiger partial charge on any atom is 0.303 e. The summed E-state index contributed by atoms with van der Waals surface area (Å²) in [6.07, 6.45) is 1.49. The maximum absolute atomic E-state index is 12.3. The average molecular weight is 329 g/mol. The summed E-state index contributed by atoms with van der Waals surface area (Å²) in [5, 5.41) is 8.77. The van der Waals surface area contributed by atoms with Crippen molar-refractivity contribution in [2.24, 2.45) is 0 Å². The van der Waals surface area contributed by atoms with Gasteiger partial charge in [0.1, 0.15) is 5.75 Å². The quantitative estimate of drug-likeness (QED) is 0.871. The molecule has 0 saturated heterocycles. The number of amides is 1. The van der Waals surface area contributed by atoms with Crippen LogP contribution in [-0.4, -0.2) is 45.5 Å². The normalized spacial score (nSPS) is 16.5. The van der Waals surface area contributed by atoms with E-state index < -0.39 is 5.97 Å². The average Bonchev–Trinajstić information content (AvgIpc) is 3.07. The first-order valence-electron chi connectivity index (χ1n) is 7.74. The molecule has 1 aromatic carbocycles. The molecule has 0 radical (unpaired) electrons. The lowest BCUT2D eigenvalue weighted by Gasteiger charge is -2.32. The summed E-state index contributed by atoms with van der Waals surface area (Å²) in [5.74, 6) is -0.392. The molecule has 2 N–H and O–H groups in total. The fraction of sp³-hybridized carbons (Fsp3) is 0.353. The lowest BCUT2D eigenvalue weighted by atomic mass is 9.90. The summed E-state index contributed by atoms with van der Waals surface area (Å²) in [7, 11) is 1.62. The number of imidazole rings is 1. The smallest absolute Gasteiger partial charge is 0.303 e. The van der Waals surface area contributed by atoms with E-state index in [2.05, 4.69) is 9.97 Å². The summed E-state index contributed by atoms with van der Waals surface area (Å²) in [5.41, 5.74) is 2.87. The van der Waals surface area contributed by atoms with Crippen LogP contribution < -0.4 is 4.74 Å². The molecule has 126 valence electrons. The van der Waals surface area contributed by atoms with Crippen molar-refractivity contribution in [3.8, 4) is 5.75 Å². The summed E-state index contributed by atoms with van der Waals surface area (Å²) in [6.45, 7) is 0.920. The fourth-order valence-corrected chi connectivity index (χ4v) is 2.98. The molecule has 7 nitrogen and oxygen atoms in total. The molecular formula is C17H19N3O4. The van der Waals surface area contributed by atoms with Gasteiger partial charge in [-0.2, -0.15) is 0 Å². The number of rotatable bonds is 5. The lowest BCUT2D eigenvalue weighted by Crippen LogP contribution is -2.38. The van der Waals surface area contributed by atoms with Crippen molar-refractivity contribution in [1.82, 2.24) is 14.9 Å². The highest BCUT2D eigenvalue weighted by Gasteiger charge is 2.31. The molecule has 1 unspecified atom stereocenters. The number of carboxylic acid groups (broad SMARTS) is 1. The van der Waals surface area contributed by atoms with Crippen molar-refractivity contribution >= 4 is 11.9 Å². The predicted molar refractivity (Wildman–Crippen MR) is 85.7 cm³/mol. The van der Waals surface area contributed by atoms with Crippen LogP contribution in [0.4, 0.5) is 0 Å². The molecule has 1 atom stereocenters. The number of hydrogen-bond acceptors (Lipinski definition) is 4. The Morgan fingerprint density at radius 2 is 2.08 bits per heavy atom. The number of aliphatic carboxylic acids is 1. The number of aromatic nitrogens is 2. The molecule has 2 aromatic rings. The Morgan fingerprint density at radius 1 is 1.33 bits per heavy atom. The zero-order chi connectivity index (χ0) is 17.1. The van der Waals surface area contributed by atoms with E-state index in [0.717, 1.165) is 22.7 Å². The van der Waals surface area contributed by atoms with Gasteiger partial charge < -0.3 is 19.7 Å². The van der Waals surface area contributed by atoms with Crippen molar-refractivity contribution in [3.63, 3.8) is 0 Å². The van der Waals surface area contributed by atoms with Crippen molar-refractivity contribution in [3.05, 3.63) is 47.5 Å². The van der Waals surface area contributed by atoms with Gasteiger partial charge in [-0.3, -0.25) is 9.59 Å². The second-order valence-electron chi connectivity index (χ2n) is 5.76. The van der Waals surface area contributed by atoms with Gasteiger partial charge in [0.2, 0.25) is 5.91 Å². The van der Waals surface area contributed by atoms with Gasteiger partial charge in [-0.15, -0.1) is 0 Å². The highest BCUT2D eigenvalue weighted by atomic mass is 16.5. The third-order valence-electron chi connectivity index (χ3n) is 4.26. The lowest BCUT2D eigenvalue weighted by molar-refractivity contribution is -0.141. The Labute approximate surface area is 139 Å². The first kappa shape index (κ1) is 16.0. The standard InChI is InChI=1S/C17H19N3O4/c1-24-12-4-2-11(3-5-12)13-8-20(15(21)6-7-16(22)23)9-14-17(13)19-10-18-14/h2-5,10,13H,6-9H2,1H3,(H,18,19)(H,22,23). The summed E-state index contributed by atoms with van der Waals surface area (Å²) >= 11 is 0. The number of nitrogens with zero attached hydrogens (tertiary/aromatic N) is 2. The number of nitrogens with one attached hydrogen (secondary N) is 1. The molecule has 0 bridgehead atoms. The van der Waals surface area contributed by atoms with Gasteiger partial charge in [0.05, 0.1) is 37.8 Å². The first-order chi connectivity index (χ1) is 11.6. The minimum atomic E-state index is -0.964. The Hall–Kier alpha value is -2.83. The Balaban J connectivity index is 1.83. The van der Waals surface area contributed by atoms with Crippen molar-refractivity contribution in [2.45, 2.75) is 25.3 Å². The van der Waals surface area contributed by atoms with E-state index in [9.17, 15) is 9.59 Å². The van der Waals surface area contributed by atoms with Gasteiger partial charge in [-0.1, -0.05) is 12.1 Å². The number of aromatic amines is 1. The number of ether oxygens (including phenoxy) is 1. The largest absolute Gasteiger partial charge is 0.497 e. The van der Waals surface area contributed by atoms with Crippen molar-refractivity contribution in [1.29, 1.82) is 0 Å². The van der Waals surface area contributed by atoms with Crippen LogP contribution in [0.25, 0.3) is 0 Å². The van der Waals surface area contributed by atoms with Gasteiger partial charge >= 0.3 is 5.97 Å². The number of carbonyl (C=O) groups excluding carboxylic acids is 1. The van der Waals surface area contributed by atoms with Crippen LogP contribution in [0.15, 0.2) is 30.6 Å². The minimum absolute atomic E-state index is 0.00807. The highest BCUT2D eigenvalue weighted by molar-refractivity contribution is 5.81. The Bertz CT molecular complexity index is 739. The van der Waals surface area contributed by atoms with Gasteiger partial charge in [-0.05, 0) is 17.7 Å². The molecule has 0 aliphatic carbocycles. The van der Waals surface area contributed by atoms with E-state index in [1.165, 1.54) is 0 Å². The summed E-state index contributed by atoms with van der Waals surface area (Å²) in [6, 6.07) is 7.69. The summed E-state index contributed by atoms with van der Waals surface area (Å²) < 4.78 is 5.18. The molecule has 24 heavy (non-hydrogen) atoms. The van der Waals surface area contributed by atoms with Crippen LogP contribution >= 0.6 is 0 Å². The zero-order valence-corrected chi connectivity index (χ0v) is 13.4. The molecular weight excluding hydrogens is 310 g/mol. The number of hydrogen-bond donors (Lipinski definition) is 2. The van der Waals surface area contributed by atoms with Crippen molar-refractivity contribution in [2.75, 3.05) is 13.7 Å². The SMILES string of the molecule is COc1ccc(C2CN(C(=O)CCC(=O)O)Cc3[nH]cnc32)cc1. The number of benzene rings is 1. The molecule has 1 amide bonds. The van der Waals surface area contributed by atoms with Gasteiger partial charge in [0.15, 0.2) is 0 Å². The first-order valence-corrected chi connectivity index (χ1v) is 7.74. The van der Waals surface area contributed by atoms with Crippen LogP contribution in [0.3, 0.4) is 0 Å².